The molecule has 3 aromatic carbocycles. The highest BCUT2D eigenvalue weighted by Gasteiger charge is 2.36. The van der Waals surface area contributed by atoms with Gasteiger partial charge in [0.25, 0.3) is 5.91 Å². The molecule has 1 unspecified atom stereocenters. The summed E-state index contributed by atoms with van der Waals surface area (Å²) >= 11 is 1.30. The second-order valence-corrected chi connectivity index (χ2v) is 9.02. The first kappa shape index (κ1) is 22.7. The fourth-order valence-corrected chi connectivity index (χ4v) is 4.86. The summed E-state index contributed by atoms with van der Waals surface area (Å²) in [5.41, 5.74) is 3.75. The number of nitrogens with zero attached hydrogens (tertiary/aromatic N) is 3. The van der Waals surface area contributed by atoms with Crippen LogP contribution in [0.3, 0.4) is 0 Å². The summed E-state index contributed by atoms with van der Waals surface area (Å²) in [5.74, 6) is 1.42. The molecule has 176 valence electrons. The van der Waals surface area contributed by atoms with Crippen LogP contribution in [0.5, 0.6) is 17.2 Å². The van der Waals surface area contributed by atoms with E-state index in [9.17, 15) is 9.90 Å². The number of hydrazone groups is 1. The largest absolute Gasteiger partial charge is 0.508 e. The zero-order chi connectivity index (χ0) is 24.4. The topological polar surface area (TPSA) is 83.7 Å². The number of aliphatic imine (C=N–C) groups is 1. The predicted molar refractivity (Wildman–Crippen MR) is 138 cm³/mol. The molecule has 0 radical (unpaired) electrons. The molecule has 0 bridgehead atoms. The number of hydrogen-bond donors (Lipinski definition) is 1. The van der Waals surface area contributed by atoms with E-state index in [-0.39, 0.29) is 17.7 Å². The van der Waals surface area contributed by atoms with E-state index in [0.29, 0.717) is 16.5 Å². The molecule has 1 atom stereocenters. The van der Waals surface area contributed by atoms with Gasteiger partial charge in [-0.05, 0) is 83.1 Å². The van der Waals surface area contributed by atoms with Crippen LogP contribution in [0.15, 0.2) is 87.8 Å². The van der Waals surface area contributed by atoms with Crippen molar-refractivity contribution < 1.29 is 19.4 Å². The lowest BCUT2D eigenvalue weighted by molar-refractivity contribution is -0.113. The van der Waals surface area contributed by atoms with Gasteiger partial charge in [0.1, 0.15) is 17.2 Å². The number of carbonyl (C=O) groups is 1. The van der Waals surface area contributed by atoms with Gasteiger partial charge < -0.3 is 14.6 Å². The van der Waals surface area contributed by atoms with Gasteiger partial charge >= 0.3 is 0 Å². The van der Waals surface area contributed by atoms with Crippen molar-refractivity contribution in [1.82, 2.24) is 5.01 Å². The van der Waals surface area contributed by atoms with Gasteiger partial charge in [-0.3, -0.25) is 4.79 Å². The molecule has 0 spiro atoms. The van der Waals surface area contributed by atoms with Crippen molar-refractivity contribution >= 4 is 34.6 Å². The molecule has 0 saturated carbocycles. The SMILES string of the molecule is COc1ccc(C2=NN(C3=NC(=O)/C(=C/c4ccc(O)cc4)S3)C(c3ccc(OC)cc3)C2)cc1. The standard InChI is InChI=1S/C27H23N3O4S/c1-33-21-11-5-18(6-12-21)23-16-24(19-7-13-22(34-2)14-8-19)30(29-23)27-28-26(32)25(35-27)15-17-3-9-20(31)10-4-17/h3-15,24,31H,16H2,1-2H3/b25-15-. The molecule has 0 aromatic heterocycles. The smallest absolute Gasteiger partial charge is 0.286 e. The maximum absolute atomic E-state index is 12.7. The van der Waals surface area contributed by atoms with Gasteiger partial charge in [0.2, 0.25) is 0 Å². The van der Waals surface area contributed by atoms with Crippen LogP contribution >= 0.6 is 11.8 Å². The summed E-state index contributed by atoms with van der Waals surface area (Å²) in [6.07, 6.45) is 2.43. The third-order valence-electron chi connectivity index (χ3n) is 5.83. The summed E-state index contributed by atoms with van der Waals surface area (Å²) in [5, 5.41) is 16.8. The Morgan fingerprint density at radius 2 is 1.57 bits per heavy atom. The zero-order valence-electron chi connectivity index (χ0n) is 19.2. The van der Waals surface area contributed by atoms with Gasteiger partial charge in [-0.2, -0.15) is 10.1 Å². The van der Waals surface area contributed by atoms with Crippen molar-refractivity contribution in [3.05, 3.63) is 94.4 Å². The second kappa shape index (κ2) is 9.68. The molecule has 5 rings (SSSR count). The van der Waals surface area contributed by atoms with E-state index >= 15 is 0 Å². The number of amides is 1. The Labute approximate surface area is 207 Å². The van der Waals surface area contributed by atoms with E-state index < -0.39 is 0 Å². The third-order valence-corrected chi connectivity index (χ3v) is 6.80. The van der Waals surface area contributed by atoms with E-state index in [0.717, 1.165) is 33.9 Å². The normalized spacial score (nSPS) is 18.6. The van der Waals surface area contributed by atoms with Crippen LogP contribution in [0.25, 0.3) is 6.08 Å². The van der Waals surface area contributed by atoms with Crippen LogP contribution in [0, 0.1) is 0 Å². The first-order valence-electron chi connectivity index (χ1n) is 11.0. The minimum absolute atomic E-state index is 0.120. The van der Waals surface area contributed by atoms with Crippen molar-refractivity contribution in [1.29, 1.82) is 0 Å². The van der Waals surface area contributed by atoms with Crippen LogP contribution in [0.1, 0.15) is 29.2 Å². The van der Waals surface area contributed by atoms with Crippen molar-refractivity contribution in [2.75, 3.05) is 14.2 Å². The average molecular weight is 486 g/mol. The van der Waals surface area contributed by atoms with Gasteiger partial charge in [-0.25, -0.2) is 5.01 Å². The molecule has 2 aliphatic heterocycles. The summed E-state index contributed by atoms with van der Waals surface area (Å²) < 4.78 is 10.6. The van der Waals surface area contributed by atoms with E-state index in [1.807, 2.05) is 53.5 Å². The van der Waals surface area contributed by atoms with Gasteiger partial charge in [0, 0.05) is 6.42 Å². The highest BCUT2D eigenvalue weighted by Crippen LogP contribution is 2.40. The van der Waals surface area contributed by atoms with Gasteiger partial charge in [0.05, 0.1) is 30.9 Å². The average Bonchev–Trinajstić information content (AvgIpc) is 3.49. The molecule has 2 aliphatic rings. The molecule has 0 fully saturated rings. The molecule has 3 aromatic rings. The Morgan fingerprint density at radius 1 is 0.943 bits per heavy atom. The molecule has 0 saturated heterocycles. The molecule has 1 N–H and O–H groups in total. The lowest BCUT2D eigenvalue weighted by Crippen LogP contribution is -2.23. The van der Waals surface area contributed by atoms with Gasteiger partial charge in [0.15, 0.2) is 5.17 Å². The molecule has 1 amide bonds. The number of phenols is 1. The van der Waals surface area contributed by atoms with E-state index in [4.69, 9.17) is 14.6 Å². The number of benzene rings is 3. The minimum Gasteiger partial charge on any atom is -0.508 e. The second-order valence-electron chi connectivity index (χ2n) is 8.01. The highest BCUT2D eigenvalue weighted by atomic mass is 32.2. The van der Waals surface area contributed by atoms with Crippen molar-refractivity contribution in [2.24, 2.45) is 10.1 Å². The molecule has 35 heavy (non-hydrogen) atoms. The molecular weight excluding hydrogens is 462 g/mol. The molecule has 8 heteroatoms. The minimum atomic E-state index is -0.306. The van der Waals surface area contributed by atoms with Crippen molar-refractivity contribution in [2.45, 2.75) is 12.5 Å². The number of hydrogen-bond acceptors (Lipinski definition) is 7. The van der Waals surface area contributed by atoms with Crippen molar-refractivity contribution in [3.63, 3.8) is 0 Å². The monoisotopic (exact) mass is 485 g/mol. The number of aromatic hydroxyl groups is 1. The highest BCUT2D eigenvalue weighted by molar-refractivity contribution is 8.18. The van der Waals surface area contributed by atoms with Gasteiger partial charge in [-0.15, -0.1) is 0 Å². The molecular formula is C27H23N3O4S. The number of rotatable bonds is 5. The molecule has 2 heterocycles. The summed E-state index contributed by atoms with van der Waals surface area (Å²) in [7, 11) is 3.28. The van der Waals surface area contributed by atoms with Crippen molar-refractivity contribution in [3.8, 4) is 17.2 Å². The Bertz CT molecular complexity index is 1330. The lowest BCUT2D eigenvalue weighted by atomic mass is 9.98. The Balaban J connectivity index is 1.46. The van der Waals surface area contributed by atoms with Crippen LogP contribution in [-0.4, -0.2) is 41.1 Å². The first-order chi connectivity index (χ1) is 17.0. The number of phenolic OH excluding ortho intramolecular Hbond substituents is 1. The van der Waals surface area contributed by atoms with E-state index in [1.165, 1.54) is 11.8 Å². The number of amidine groups is 1. The quantitative estimate of drug-likeness (QED) is 0.498. The zero-order valence-corrected chi connectivity index (χ0v) is 20.0. The maximum atomic E-state index is 12.7. The fourth-order valence-electron chi connectivity index (χ4n) is 3.95. The maximum Gasteiger partial charge on any atom is 0.286 e. The summed E-state index contributed by atoms with van der Waals surface area (Å²) in [6.45, 7) is 0. The molecule has 0 aliphatic carbocycles. The number of carbonyl (C=O) groups excluding carboxylic acids is 1. The Hall–Kier alpha value is -4.04. The summed E-state index contributed by atoms with van der Waals surface area (Å²) in [6, 6.07) is 22.2. The lowest BCUT2D eigenvalue weighted by Gasteiger charge is -2.22. The number of methoxy groups -OCH3 is 2. The third kappa shape index (κ3) is 4.79. The van der Waals surface area contributed by atoms with Crippen LogP contribution in [0.4, 0.5) is 0 Å². The van der Waals surface area contributed by atoms with Crippen LogP contribution < -0.4 is 9.47 Å². The number of thioether (sulfide) groups is 1. The van der Waals surface area contributed by atoms with Crippen LogP contribution in [-0.2, 0) is 4.79 Å². The first-order valence-corrected chi connectivity index (χ1v) is 11.8. The number of ether oxygens (including phenoxy) is 2. The van der Waals surface area contributed by atoms with E-state index in [1.54, 1.807) is 44.6 Å². The van der Waals surface area contributed by atoms with Gasteiger partial charge in [-0.1, -0.05) is 24.3 Å². The Kier molecular flexibility index (Phi) is 6.29. The fraction of sp³-hybridized carbons (Fsp3) is 0.148. The molecule has 7 nitrogen and oxygen atoms in total. The van der Waals surface area contributed by atoms with E-state index in [2.05, 4.69) is 4.99 Å². The predicted octanol–water partition coefficient (Wildman–Crippen LogP) is 5.23. The van der Waals surface area contributed by atoms with Crippen LogP contribution in [0.2, 0.25) is 0 Å². The summed E-state index contributed by atoms with van der Waals surface area (Å²) in [4.78, 5) is 17.6. The Morgan fingerprint density at radius 3 is 2.20 bits per heavy atom.